The van der Waals surface area contributed by atoms with E-state index in [1.165, 1.54) is 12.1 Å². The van der Waals surface area contributed by atoms with E-state index in [1.54, 1.807) is 6.07 Å². The summed E-state index contributed by atoms with van der Waals surface area (Å²) in [6, 6.07) is 4.43. The van der Waals surface area contributed by atoms with Gasteiger partial charge in [0.1, 0.15) is 0 Å². The summed E-state index contributed by atoms with van der Waals surface area (Å²) in [5, 5.41) is 8.34. The van der Waals surface area contributed by atoms with Crippen molar-refractivity contribution in [2.45, 2.75) is 6.42 Å². The second-order valence-corrected chi connectivity index (χ2v) is 2.11. The first-order chi connectivity index (χ1) is 5.18. The van der Waals surface area contributed by atoms with E-state index in [4.69, 9.17) is 5.11 Å². The molecular weight excluding hydrogens is 146 g/mol. The molecule has 1 heterocycles. The van der Waals surface area contributed by atoms with Gasteiger partial charge in [0.25, 0.3) is 0 Å². The topological polar surface area (TPSA) is 70.2 Å². The third-order valence-corrected chi connectivity index (χ3v) is 1.17. The first-order valence-corrected chi connectivity index (χ1v) is 3.08. The fourth-order valence-corrected chi connectivity index (χ4v) is 0.759. The van der Waals surface area contributed by atoms with Crippen LogP contribution in [0.4, 0.5) is 0 Å². The minimum atomic E-state index is -0.952. The largest absolute Gasteiger partial charge is 0.481 e. The van der Waals surface area contributed by atoms with Gasteiger partial charge in [0.05, 0.1) is 6.42 Å². The zero-order valence-corrected chi connectivity index (χ0v) is 5.70. The Kier molecular flexibility index (Phi) is 2.06. The van der Waals surface area contributed by atoms with E-state index in [0.29, 0.717) is 5.69 Å². The number of carboxylic acid groups (broad SMARTS) is 1. The van der Waals surface area contributed by atoms with Crippen LogP contribution in [0.1, 0.15) is 5.69 Å². The Morgan fingerprint density at radius 2 is 2.27 bits per heavy atom. The van der Waals surface area contributed by atoms with Crippen LogP contribution in [0.5, 0.6) is 0 Å². The van der Waals surface area contributed by atoms with E-state index >= 15 is 0 Å². The van der Waals surface area contributed by atoms with Crippen LogP contribution in [0, 0.1) is 0 Å². The van der Waals surface area contributed by atoms with E-state index in [1.807, 2.05) is 0 Å². The summed E-state index contributed by atoms with van der Waals surface area (Å²) in [4.78, 5) is 23.2. The average Bonchev–Trinajstić information content (AvgIpc) is 1.85. The first-order valence-electron chi connectivity index (χ1n) is 3.08. The number of carbonyl (C=O) groups is 1. The summed E-state index contributed by atoms with van der Waals surface area (Å²) in [5.74, 6) is -0.952. The van der Waals surface area contributed by atoms with Crippen molar-refractivity contribution in [2.75, 3.05) is 0 Å². The molecule has 1 aromatic heterocycles. The lowest BCUT2D eigenvalue weighted by molar-refractivity contribution is -0.136. The Morgan fingerprint density at radius 1 is 1.55 bits per heavy atom. The Hall–Kier alpha value is -1.58. The molecule has 0 fully saturated rings. The maximum Gasteiger partial charge on any atom is 0.309 e. The summed E-state index contributed by atoms with van der Waals surface area (Å²) < 4.78 is 0. The quantitative estimate of drug-likeness (QED) is 0.628. The molecule has 1 aromatic rings. The molecule has 0 atom stereocenters. The number of carboxylic acids is 1. The lowest BCUT2D eigenvalue weighted by Crippen LogP contribution is -2.09. The molecule has 0 saturated carbocycles. The molecule has 0 aliphatic rings. The number of aromatic nitrogens is 1. The maximum atomic E-state index is 10.6. The summed E-state index contributed by atoms with van der Waals surface area (Å²) >= 11 is 0. The number of pyridine rings is 1. The number of nitrogens with one attached hydrogen (secondary N) is 1. The molecule has 4 heteroatoms. The predicted molar refractivity (Wildman–Crippen MR) is 38.4 cm³/mol. The molecule has 0 bridgehead atoms. The van der Waals surface area contributed by atoms with Gasteiger partial charge in [-0.15, -0.1) is 0 Å². The van der Waals surface area contributed by atoms with Crippen molar-refractivity contribution < 1.29 is 9.90 Å². The molecule has 2 N–H and O–H groups in total. The number of aromatic amines is 1. The van der Waals surface area contributed by atoms with Crippen molar-refractivity contribution in [3.63, 3.8) is 0 Å². The Bertz CT molecular complexity index is 315. The molecule has 11 heavy (non-hydrogen) atoms. The van der Waals surface area contributed by atoms with Crippen LogP contribution in [0.25, 0.3) is 0 Å². The Morgan fingerprint density at radius 3 is 2.82 bits per heavy atom. The van der Waals surface area contributed by atoms with Crippen molar-refractivity contribution >= 4 is 5.97 Å². The minimum absolute atomic E-state index is 0.143. The van der Waals surface area contributed by atoms with E-state index in [9.17, 15) is 9.59 Å². The fourth-order valence-electron chi connectivity index (χ4n) is 0.759. The molecule has 0 aliphatic heterocycles. The van der Waals surface area contributed by atoms with E-state index < -0.39 is 5.97 Å². The number of rotatable bonds is 2. The normalized spacial score (nSPS) is 9.45. The minimum Gasteiger partial charge on any atom is -0.481 e. The van der Waals surface area contributed by atoms with Crippen molar-refractivity contribution in [3.8, 4) is 0 Å². The number of aliphatic carboxylic acids is 1. The predicted octanol–water partition coefficient (Wildman–Crippen LogP) is 0.00200. The highest BCUT2D eigenvalue weighted by Gasteiger charge is 1.98. The summed E-state index contributed by atoms with van der Waals surface area (Å²) in [6.07, 6.45) is -0.143. The fraction of sp³-hybridized carbons (Fsp3) is 0.143. The van der Waals surface area contributed by atoms with E-state index in [0.717, 1.165) is 0 Å². The third-order valence-electron chi connectivity index (χ3n) is 1.17. The van der Waals surface area contributed by atoms with Crippen molar-refractivity contribution in [2.24, 2.45) is 0 Å². The molecule has 58 valence electrons. The van der Waals surface area contributed by atoms with Crippen molar-refractivity contribution in [1.82, 2.24) is 4.98 Å². The van der Waals surface area contributed by atoms with Gasteiger partial charge in [0, 0.05) is 11.8 Å². The second kappa shape index (κ2) is 3.01. The van der Waals surface area contributed by atoms with Crippen LogP contribution in [0.3, 0.4) is 0 Å². The van der Waals surface area contributed by atoms with Gasteiger partial charge < -0.3 is 10.1 Å². The zero-order valence-electron chi connectivity index (χ0n) is 5.70. The second-order valence-electron chi connectivity index (χ2n) is 2.11. The monoisotopic (exact) mass is 153 g/mol. The van der Waals surface area contributed by atoms with Crippen LogP contribution >= 0.6 is 0 Å². The highest BCUT2D eigenvalue weighted by Crippen LogP contribution is 1.90. The SMILES string of the molecule is O=C(O)Cc1cccc(=O)[nH]1. The summed E-state index contributed by atoms with van der Waals surface area (Å²) in [6.45, 7) is 0. The van der Waals surface area contributed by atoms with Crippen LogP contribution in [-0.2, 0) is 11.2 Å². The van der Waals surface area contributed by atoms with Gasteiger partial charge in [0.15, 0.2) is 0 Å². The molecule has 0 spiro atoms. The van der Waals surface area contributed by atoms with Gasteiger partial charge >= 0.3 is 5.97 Å². The van der Waals surface area contributed by atoms with Crippen molar-refractivity contribution in [1.29, 1.82) is 0 Å². The first kappa shape index (κ1) is 7.53. The zero-order chi connectivity index (χ0) is 8.27. The molecule has 4 nitrogen and oxygen atoms in total. The highest BCUT2D eigenvalue weighted by atomic mass is 16.4. The average molecular weight is 153 g/mol. The molecule has 0 aromatic carbocycles. The lowest BCUT2D eigenvalue weighted by atomic mass is 10.3. The van der Waals surface area contributed by atoms with Gasteiger partial charge in [-0.1, -0.05) is 6.07 Å². The smallest absolute Gasteiger partial charge is 0.309 e. The van der Waals surface area contributed by atoms with Gasteiger partial charge in [0.2, 0.25) is 5.56 Å². The molecule has 1 rings (SSSR count). The maximum absolute atomic E-state index is 10.6. The number of H-pyrrole nitrogens is 1. The molecule has 0 unspecified atom stereocenters. The lowest BCUT2D eigenvalue weighted by Gasteiger charge is -1.93. The van der Waals surface area contributed by atoms with Crippen LogP contribution in [0.2, 0.25) is 0 Å². The van der Waals surface area contributed by atoms with Gasteiger partial charge in [-0.05, 0) is 6.07 Å². The van der Waals surface area contributed by atoms with Crippen LogP contribution in [0.15, 0.2) is 23.0 Å². The molecular formula is C7H7NO3. The molecule has 0 aliphatic carbocycles. The van der Waals surface area contributed by atoms with Crippen molar-refractivity contribution in [3.05, 3.63) is 34.2 Å². The van der Waals surface area contributed by atoms with Gasteiger partial charge in [-0.25, -0.2) is 0 Å². The number of hydrogen-bond acceptors (Lipinski definition) is 2. The molecule has 0 amide bonds. The standard InChI is InChI=1S/C7H7NO3/c9-6-3-1-2-5(8-6)4-7(10)11/h1-3H,4H2,(H,8,9)(H,10,11). The van der Waals surface area contributed by atoms with Crippen LogP contribution < -0.4 is 5.56 Å². The third kappa shape index (κ3) is 2.25. The number of hydrogen-bond donors (Lipinski definition) is 2. The van der Waals surface area contributed by atoms with Crippen LogP contribution in [-0.4, -0.2) is 16.1 Å². The van der Waals surface area contributed by atoms with Gasteiger partial charge in [-0.2, -0.15) is 0 Å². The molecule has 0 saturated heterocycles. The molecule has 0 radical (unpaired) electrons. The summed E-state index contributed by atoms with van der Waals surface area (Å²) in [5.41, 5.74) is 0.147. The van der Waals surface area contributed by atoms with E-state index in [-0.39, 0.29) is 12.0 Å². The highest BCUT2D eigenvalue weighted by molar-refractivity contribution is 5.69. The Balaban J connectivity index is 2.88. The van der Waals surface area contributed by atoms with Gasteiger partial charge in [-0.3, -0.25) is 9.59 Å². The van der Waals surface area contributed by atoms with E-state index in [2.05, 4.69) is 4.98 Å². The Labute approximate surface area is 62.5 Å². The summed E-state index contributed by atoms with van der Waals surface area (Å²) in [7, 11) is 0.